The molecule has 1 aromatic carbocycles. The molecule has 0 heterocycles. The topological polar surface area (TPSA) is 245 Å². The van der Waals surface area contributed by atoms with E-state index in [1.165, 1.54) is 24.3 Å². The van der Waals surface area contributed by atoms with Gasteiger partial charge < -0.3 is 42.1 Å². The molecule has 0 fully saturated rings. The molecule has 1 rings (SSSR count). The van der Waals surface area contributed by atoms with Gasteiger partial charge in [-0.15, -0.1) is 0 Å². The van der Waals surface area contributed by atoms with Crippen LogP contribution in [0, 0.1) is 5.92 Å². The highest BCUT2D eigenvalue weighted by molar-refractivity contribution is 5.94. The number of nitrogens with two attached hydrogens (primary N) is 1. The van der Waals surface area contributed by atoms with Crippen LogP contribution in [0.3, 0.4) is 0 Å². The van der Waals surface area contributed by atoms with Gasteiger partial charge in [0.25, 0.3) is 0 Å². The Bertz CT molecular complexity index is 1010. The summed E-state index contributed by atoms with van der Waals surface area (Å²) in [5, 5.41) is 43.6. The van der Waals surface area contributed by atoms with Gasteiger partial charge in [-0.1, -0.05) is 26.0 Å². The lowest BCUT2D eigenvalue weighted by Gasteiger charge is -2.26. The highest BCUT2D eigenvalue weighted by atomic mass is 16.4. The number of carboxylic acid groups (broad SMARTS) is 3. The van der Waals surface area contributed by atoms with Crippen LogP contribution in [0.15, 0.2) is 24.3 Å². The van der Waals surface area contributed by atoms with Crippen molar-refractivity contribution in [2.75, 3.05) is 0 Å². The number of phenols is 1. The van der Waals surface area contributed by atoms with Crippen LogP contribution in [-0.2, 0) is 35.2 Å². The third-order valence-corrected chi connectivity index (χ3v) is 5.35. The van der Waals surface area contributed by atoms with E-state index in [1.807, 2.05) is 0 Å². The molecule has 4 atom stereocenters. The van der Waals surface area contributed by atoms with E-state index < -0.39 is 66.2 Å². The van der Waals surface area contributed by atoms with E-state index in [2.05, 4.69) is 16.0 Å². The maximum atomic E-state index is 13.2. The molecule has 0 saturated heterocycles. The summed E-state index contributed by atoms with van der Waals surface area (Å²) in [6, 6.07) is 0.131. The number of nitrogens with one attached hydrogen (secondary N) is 3. The standard InChI is InChI=1S/C24H34N4O10/c1-12(2)9-16(26-21(34)15(25)7-8-19(30)31)22(35)27-17(10-13-3-5-14(29)6-4-13)23(36)28-18(24(37)38)11-20(32)33/h3-6,12,15-18,29H,7-11,25H2,1-2H3,(H,26,34)(H,27,35)(H,28,36)(H,30,31)(H,32,33)(H,37,38). The van der Waals surface area contributed by atoms with E-state index in [9.17, 15) is 39.0 Å². The number of aliphatic carboxylic acids is 3. The monoisotopic (exact) mass is 538 g/mol. The Morgan fingerprint density at radius 3 is 1.82 bits per heavy atom. The van der Waals surface area contributed by atoms with Crippen molar-refractivity contribution >= 4 is 35.6 Å². The molecule has 0 aliphatic rings. The third-order valence-electron chi connectivity index (χ3n) is 5.35. The Labute approximate surface area is 218 Å². The van der Waals surface area contributed by atoms with Crippen LogP contribution in [0.4, 0.5) is 0 Å². The normalized spacial score (nSPS) is 14.0. The summed E-state index contributed by atoms with van der Waals surface area (Å²) in [6.45, 7) is 3.56. The van der Waals surface area contributed by atoms with E-state index >= 15 is 0 Å². The molecule has 14 nitrogen and oxygen atoms in total. The summed E-state index contributed by atoms with van der Waals surface area (Å²) in [7, 11) is 0. The number of carbonyl (C=O) groups excluding carboxylic acids is 3. The van der Waals surface area contributed by atoms with Gasteiger partial charge in [0.1, 0.15) is 23.9 Å². The SMILES string of the molecule is CC(C)CC(NC(=O)C(N)CCC(=O)O)C(=O)NC(Cc1ccc(O)cc1)C(=O)NC(CC(=O)O)C(=O)O. The molecule has 38 heavy (non-hydrogen) atoms. The number of phenolic OH excluding ortho intramolecular Hbond substituents is 1. The summed E-state index contributed by atoms with van der Waals surface area (Å²) in [4.78, 5) is 71.8. The molecule has 0 saturated carbocycles. The van der Waals surface area contributed by atoms with Crippen molar-refractivity contribution in [2.45, 2.75) is 70.1 Å². The zero-order chi connectivity index (χ0) is 29.0. The fourth-order valence-electron chi connectivity index (χ4n) is 3.39. The van der Waals surface area contributed by atoms with Crippen molar-refractivity contribution in [1.82, 2.24) is 16.0 Å². The largest absolute Gasteiger partial charge is 0.508 e. The van der Waals surface area contributed by atoms with E-state index in [1.54, 1.807) is 13.8 Å². The molecular weight excluding hydrogens is 504 g/mol. The summed E-state index contributed by atoms with van der Waals surface area (Å²) in [6.07, 6.45) is -1.44. The number of carboxylic acids is 3. The van der Waals surface area contributed by atoms with Crippen LogP contribution < -0.4 is 21.7 Å². The van der Waals surface area contributed by atoms with Gasteiger partial charge in [0, 0.05) is 12.8 Å². The molecular formula is C24H34N4O10. The maximum Gasteiger partial charge on any atom is 0.326 e. The minimum atomic E-state index is -1.77. The molecule has 0 aromatic heterocycles. The molecule has 3 amide bonds. The maximum absolute atomic E-state index is 13.2. The quantitative estimate of drug-likeness (QED) is 0.129. The highest BCUT2D eigenvalue weighted by Gasteiger charge is 2.31. The highest BCUT2D eigenvalue weighted by Crippen LogP contribution is 2.13. The molecule has 0 aliphatic carbocycles. The first kappa shape index (κ1) is 31.8. The van der Waals surface area contributed by atoms with Gasteiger partial charge in [0.15, 0.2) is 0 Å². The second-order valence-electron chi connectivity index (χ2n) is 9.16. The lowest BCUT2D eigenvalue weighted by atomic mass is 10.00. The van der Waals surface area contributed by atoms with Gasteiger partial charge in [-0.3, -0.25) is 24.0 Å². The van der Waals surface area contributed by atoms with Gasteiger partial charge >= 0.3 is 17.9 Å². The number of carbonyl (C=O) groups is 6. The van der Waals surface area contributed by atoms with Crippen molar-refractivity contribution in [3.05, 3.63) is 29.8 Å². The molecule has 0 aliphatic heterocycles. The van der Waals surface area contributed by atoms with Gasteiger partial charge in [-0.05, 0) is 36.5 Å². The molecule has 14 heteroatoms. The third kappa shape index (κ3) is 11.7. The first-order valence-corrected chi connectivity index (χ1v) is 11.8. The lowest BCUT2D eigenvalue weighted by molar-refractivity contribution is -0.147. The van der Waals surface area contributed by atoms with Gasteiger partial charge in [0.05, 0.1) is 12.5 Å². The predicted molar refractivity (Wildman–Crippen MR) is 132 cm³/mol. The number of aromatic hydroxyl groups is 1. The van der Waals surface area contributed by atoms with Crippen molar-refractivity contribution in [2.24, 2.45) is 11.7 Å². The van der Waals surface area contributed by atoms with Crippen LogP contribution in [0.1, 0.15) is 45.1 Å². The molecule has 0 radical (unpaired) electrons. The number of benzene rings is 1. The average Bonchev–Trinajstić information content (AvgIpc) is 2.81. The molecule has 0 bridgehead atoms. The van der Waals surface area contributed by atoms with Crippen LogP contribution in [0.5, 0.6) is 5.75 Å². The molecule has 4 unspecified atom stereocenters. The van der Waals surface area contributed by atoms with Crippen molar-refractivity contribution in [3.8, 4) is 5.75 Å². The van der Waals surface area contributed by atoms with Gasteiger partial charge in [-0.2, -0.15) is 0 Å². The van der Waals surface area contributed by atoms with E-state index in [-0.39, 0.29) is 37.4 Å². The van der Waals surface area contributed by atoms with Crippen LogP contribution >= 0.6 is 0 Å². The summed E-state index contributed by atoms with van der Waals surface area (Å²) in [5.41, 5.74) is 6.22. The molecule has 210 valence electrons. The van der Waals surface area contributed by atoms with Crippen LogP contribution in [0.25, 0.3) is 0 Å². The Morgan fingerprint density at radius 2 is 1.32 bits per heavy atom. The summed E-state index contributed by atoms with van der Waals surface area (Å²) < 4.78 is 0. The van der Waals surface area contributed by atoms with Crippen molar-refractivity contribution in [3.63, 3.8) is 0 Å². The summed E-state index contributed by atoms with van der Waals surface area (Å²) in [5.74, 6) is -6.88. The Kier molecular flexibility index (Phi) is 12.7. The fraction of sp³-hybridized carbons (Fsp3) is 0.500. The van der Waals surface area contributed by atoms with Crippen LogP contribution in [0.2, 0.25) is 0 Å². The smallest absolute Gasteiger partial charge is 0.326 e. The lowest BCUT2D eigenvalue weighted by Crippen LogP contribution is -2.58. The number of amides is 3. The van der Waals surface area contributed by atoms with Gasteiger partial charge in [0.2, 0.25) is 17.7 Å². The van der Waals surface area contributed by atoms with Gasteiger partial charge in [-0.25, -0.2) is 4.79 Å². The second-order valence-corrected chi connectivity index (χ2v) is 9.16. The van der Waals surface area contributed by atoms with E-state index in [0.717, 1.165) is 0 Å². The predicted octanol–water partition coefficient (Wildman–Crippen LogP) is -0.813. The Balaban J connectivity index is 3.15. The van der Waals surface area contributed by atoms with E-state index in [0.29, 0.717) is 5.56 Å². The first-order valence-electron chi connectivity index (χ1n) is 11.8. The van der Waals surface area contributed by atoms with Crippen LogP contribution in [-0.4, -0.2) is 80.2 Å². The fourth-order valence-corrected chi connectivity index (χ4v) is 3.39. The summed E-state index contributed by atoms with van der Waals surface area (Å²) >= 11 is 0. The molecule has 1 aromatic rings. The average molecular weight is 539 g/mol. The number of rotatable bonds is 16. The zero-order valence-corrected chi connectivity index (χ0v) is 21.0. The molecule has 0 spiro atoms. The van der Waals surface area contributed by atoms with Crippen molar-refractivity contribution < 1.29 is 49.2 Å². The Hall–Kier alpha value is -4.20. The zero-order valence-electron chi connectivity index (χ0n) is 21.0. The van der Waals surface area contributed by atoms with E-state index in [4.69, 9.17) is 15.9 Å². The minimum absolute atomic E-state index is 0.0508. The first-order chi connectivity index (χ1) is 17.7. The number of hydrogen-bond acceptors (Lipinski definition) is 8. The molecule has 9 N–H and O–H groups in total. The Morgan fingerprint density at radius 1 is 0.789 bits per heavy atom. The van der Waals surface area contributed by atoms with Crippen molar-refractivity contribution in [1.29, 1.82) is 0 Å². The number of hydrogen-bond donors (Lipinski definition) is 8. The second kappa shape index (κ2) is 15.1. The minimum Gasteiger partial charge on any atom is -0.508 e.